The van der Waals surface area contributed by atoms with Crippen LogP contribution in [0.2, 0.25) is 0 Å². The highest BCUT2D eigenvalue weighted by molar-refractivity contribution is 7.09. The Kier molecular flexibility index (Phi) is 3.18. The first-order chi connectivity index (χ1) is 8.29. The van der Waals surface area contributed by atoms with E-state index >= 15 is 0 Å². The molecule has 2 N–H and O–H groups in total. The topological polar surface area (TPSA) is 72.1 Å². The predicted molar refractivity (Wildman–Crippen MR) is 59.1 cm³/mol. The fourth-order valence-corrected chi connectivity index (χ4v) is 2.69. The number of carbonyl (C=O) groups is 1. The third-order valence-corrected chi connectivity index (χ3v) is 3.76. The van der Waals surface area contributed by atoms with Crippen LogP contribution in [-0.2, 0) is 4.79 Å². The van der Waals surface area contributed by atoms with Crippen LogP contribution in [0.15, 0.2) is 0 Å². The number of alkyl halides is 3. The molecule has 0 unspecified atom stereocenters. The quantitative estimate of drug-likeness (QED) is 0.875. The third kappa shape index (κ3) is 2.40. The van der Waals surface area contributed by atoms with E-state index in [-0.39, 0.29) is 13.1 Å². The Hall–Kier alpha value is -1.38. The van der Waals surface area contributed by atoms with Crippen LogP contribution in [0.1, 0.15) is 5.82 Å². The summed E-state index contributed by atoms with van der Waals surface area (Å²) in [4.78, 5) is 16.5. The Bertz CT molecular complexity index is 461. The van der Waals surface area contributed by atoms with Crippen LogP contribution in [0.5, 0.6) is 0 Å². The van der Waals surface area contributed by atoms with Crippen LogP contribution < -0.4 is 10.6 Å². The number of aryl methyl sites for hydroxylation is 1. The smallest absolute Gasteiger partial charge is 0.369 e. The van der Waals surface area contributed by atoms with Crippen molar-refractivity contribution < 1.29 is 18.0 Å². The van der Waals surface area contributed by atoms with Crippen molar-refractivity contribution in [1.29, 1.82) is 0 Å². The van der Waals surface area contributed by atoms with Gasteiger partial charge in [0, 0.05) is 24.6 Å². The van der Waals surface area contributed by atoms with Gasteiger partial charge in [0.25, 0.3) is 0 Å². The van der Waals surface area contributed by atoms with Crippen molar-refractivity contribution in [2.45, 2.75) is 13.1 Å². The monoisotopic (exact) mass is 280 g/mol. The number of hydrogen-bond acceptors (Lipinski definition) is 5. The van der Waals surface area contributed by atoms with E-state index in [1.807, 2.05) is 0 Å². The molecule has 0 saturated carbocycles. The van der Waals surface area contributed by atoms with E-state index in [1.165, 1.54) is 4.90 Å². The van der Waals surface area contributed by atoms with Gasteiger partial charge in [0.15, 0.2) is 0 Å². The average molecular weight is 280 g/mol. The number of rotatable bonds is 2. The summed E-state index contributed by atoms with van der Waals surface area (Å²) in [6.45, 7) is 1.29. The SMILES string of the molecule is Cc1nsc(N2C[C@H](C(N)=O)[C@@H](C(F)(F)F)C2)n1. The lowest BCUT2D eigenvalue weighted by molar-refractivity contribution is -0.181. The Labute approximate surface area is 105 Å². The van der Waals surface area contributed by atoms with Crippen LogP contribution in [0.4, 0.5) is 18.3 Å². The van der Waals surface area contributed by atoms with Crippen molar-refractivity contribution >= 4 is 22.6 Å². The molecular formula is C9H11F3N4OS. The maximum absolute atomic E-state index is 12.8. The second-order valence-corrected chi connectivity index (χ2v) is 4.92. The van der Waals surface area contributed by atoms with E-state index in [1.54, 1.807) is 6.92 Å². The summed E-state index contributed by atoms with van der Waals surface area (Å²) in [6.07, 6.45) is -4.44. The molecular weight excluding hydrogens is 269 g/mol. The van der Waals surface area contributed by atoms with Gasteiger partial charge in [0.1, 0.15) is 5.82 Å². The summed E-state index contributed by atoms with van der Waals surface area (Å²) in [5.41, 5.74) is 5.03. The summed E-state index contributed by atoms with van der Waals surface area (Å²) in [5.74, 6) is -3.39. The summed E-state index contributed by atoms with van der Waals surface area (Å²) < 4.78 is 42.3. The molecule has 0 radical (unpaired) electrons. The minimum absolute atomic E-state index is 0.0614. The molecule has 0 aromatic carbocycles. The molecule has 9 heteroatoms. The first-order valence-electron chi connectivity index (χ1n) is 5.20. The standard InChI is InChI=1S/C9H11F3N4OS/c1-4-14-8(18-15-4)16-2-5(7(13)17)6(3-16)9(10,11)12/h5-6H,2-3H2,1H3,(H2,13,17)/t5-,6-/m0/s1. The minimum Gasteiger partial charge on any atom is -0.369 e. The first-order valence-corrected chi connectivity index (χ1v) is 5.97. The van der Waals surface area contributed by atoms with E-state index in [4.69, 9.17) is 5.73 Å². The van der Waals surface area contributed by atoms with Crippen LogP contribution in [0.3, 0.4) is 0 Å². The molecule has 2 atom stereocenters. The normalized spacial score (nSPS) is 24.6. The first kappa shape index (κ1) is 13.1. The van der Waals surface area contributed by atoms with Crippen molar-refractivity contribution in [2.75, 3.05) is 18.0 Å². The van der Waals surface area contributed by atoms with Crippen molar-refractivity contribution in [2.24, 2.45) is 17.6 Å². The van der Waals surface area contributed by atoms with Gasteiger partial charge >= 0.3 is 6.18 Å². The van der Waals surface area contributed by atoms with E-state index in [0.717, 1.165) is 11.5 Å². The Morgan fingerprint density at radius 1 is 1.50 bits per heavy atom. The Balaban J connectivity index is 2.22. The van der Waals surface area contributed by atoms with E-state index in [2.05, 4.69) is 9.36 Å². The van der Waals surface area contributed by atoms with Gasteiger partial charge in [-0.2, -0.15) is 17.5 Å². The zero-order valence-corrected chi connectivity index (χ0v) is 10.3. The molecule has 100 valence electrons. The highest BCUT2D eigenvalue weighted by atomic mass is 32.1. The Morgan fingerprint density at radius 2 is 2.17 bits per heavy atom. The van der Waals surface area contributed by atoms with Gasteiger partial charge in [-0.1, -0.05) is 0 Å². The molecule has 18 heavy (non-hydrogen) atoms. The molecule has 2 rings (SSSR count). The summed E-state index contributed by atoms with van der Waals surface area (Å²) in [6, 6.07) is 0. The zero-order chi connectivity index (χ0) is 13.5. The van der Waals surface area contributed by atoms with E-state index in [9.17, 15) is 18.0 Å². The number of amides is 1. The Morgan fingerprint density at radius 3 is 2.56 bits per heavy atom. The largest absolute Gasteiger partial charge is 0.394 e. The molecule has 5 nitrogen and oxygen atoms in total. The predicted octanol–water partition coefficient (Wildman–Crippen LogP) is 0.947. The van der Waals surface area contributed by atoms with Crippen molar-refractivity contribution in [1.82, 2.24) is 9.36 Å². The molecule has 0 aliphatic carbocycles. The second kappa shape index (κ2) is 4.38. The molecule has 1 aromatic heterocycles. The summed E-state index contributed by atoms with van der Waals surface area (Å²) >= 11 is 1.02. The number of anilines is 1. The number of carbonyl (C=O) groups excluding carboxylic acids is 1. The lowest BCUT2D eigenvalue weighted by atomic mass is 9.95. The highest BCUT2D eigenvalue weighted by Crippen LogP contribution is 2.39. The van der Waals surface area contributed by atoms with Gasteiger partial charge in [0.05, 0.1) is 11.8 Å². The van der Waals surface area contributed by atoms with Crippen molar-refractivity contribution in [3.8, 4) is 0 Å². The maximum atomic E-state index is 12.8. The zero-order valence-electron chi connectivity index (χ0n) is 9.44. The van der Waals surface area contributed by atoms with E-state index in [0.29, 0.717) is 11.0 Å². The lowest BCUT2D eigenvalue weighted by Crippen LogP contribution is -2.37. The molecule has 0 spiro atoms. The maximum Gasteiger partial charge on any atom is 0.394 e. The molecule has 1 aliphatic rings. The fourth-order valence-electron chi connectivity index (χ4n) is 1.99. The van der Waals surface area contributed by atoms with Gasteiger partial charge in [-0.25, -0.2) is 4.98 Å². The van der Waals surface area contributed by atoms with Gasteiger partial charge in [-0.05, 0) is 6.92 Å². The number of hydrogen-bond donors (Lipinski definition) is 1. The van der Waals surface area contributed by atoms with Gasteiger partial charge in [-0.15, -0.1) is 0 Å². The van der Waals surface area contributed by atoms with Crippen LogP contribution >= 0.6 is 11.5 Å². The van der Waals surface area contributed by atoms with Gasteiger partial charge < -0.3 is 10.6 Å². The lowest BCUT2D eigenvalue weighted by Gasteiger charge is -2.18. The molecule has 2 heterocycles. The fraction of sp³-hybridized carbons (Fsp3) is 0.667. The second-order valence-electron chi connectivity index (χ2n) is 4.19. The van der Waals surface area contributed by atoms with Crippen LogP contribution in [0.25, 0.3) is 0 Å². The van der Waals surface area contributed by atoms with Crippen molar-refractivity contribution in [3.63, 3.8) is 0 Å². The highest BCUT2D eigenvalue weighted by Gasteiger charge is 2.52. The number of primary amides is 1. The van der Waals surface area contributed by atoms with Crippen LogP contribution in [-0.4, -0.2) is 34.5 Å². The summed E-state index contributed by atoms with van der Waals surface area (Å²) in [5, 5.41) is 0.394. The molecule has 1 saturated heterocycles. The number of aromatic nitrogens is 2. The average Bonchev–Trinajstić information content (AvgIpc) is 2.81. The molecule has 1 amide bonds. The number of nitrogens with two attached hydrogens (primary N) is 1. The van der Waals surface area contributed by atoms with E-state index < -0.39 is 23.9 Å². The molecule has 1 aromatic rings. The number of halogens is 3. The summed E-state index contributed by atoms with van der Waals surface area (Å²) in [7, 11) is 0. The van der Waals surface area contributed by atoms with Gasteiger partial charge in [-0.3, -0.25) is 4.79 Å². The molecule has 1 aliphatic heterocycles. The molecule has 1 fully saturated rings. The molecule has 0 bridgehead atoms. The third-order valence-electron chi connectivity index (χ3n) is 2.89. The number of nitrogens with zero attached hydrogens (tertiary/aromatic N) is 3. The van der Waals surface area contributed by atoms with Crippen molar-refractivity contribution in [3.05, 3.63) is 5.82 Å². The van der Waals surface area contributed by atoms with Crippen LogP contribution in [0, 0.1) is 18.8 Å². The minimum atomic E-state index is -4.44. The van der Waals surface area contributed by atoms with Gasteiger partial charge in [0.2, 0.25) is 11.0 Å².